The van der Waals surface area contributed by atoms with Crippen LogP contribution in [0.4, 0.5) is 0 Å². The molecule has 0 spiro atoms. The molecule has 0 saturated heterocycles. The normalized spacial score (nSPS) is 17.2. The third kappa shape index (κ3) is 2.33. The summed E-state index contributed by atoms with van der Waals surface area (Å²) in [6, 6.07) is 5.50. The fourth-order valence-electron chi connectivity index (χ4n) is 3.46. The van der Waals surface area contributed by atoms with Crippen molar-refractivity contribution in [3.8, 4) is 0 Å². The van der Waals surface area contributed by atoms with Gasteiger partial charge in [0.25, 0.3) is 0 Å². The number of benzene rings is 1. The molecular weight excluding hydrogens is 250 g/mol. The lowest BCUT2D eigenvalue weighted by atomic mass is 9.91. The van der Waals surface area contributed by atoms with E-state index in [9.17, 15) is 4.79 Å². The van der Waals surface area contributed by atoms with Crippen LogP contribution in [0.5, 0.6) is 0 Å². The Morgan fingerprint density at radius 3 is 2.55 bits per heavy atom. The summed E-state index contributed by atoms with van der Waals surface area (Å²) in [4.78, 5) is 11.1. The molecule has 0 aliphatic heterocycles. The molecule has 0 radical (unpaired) electrons. The minimum absolute atomic E-state index is 0.367. The Morgan fingerprint density at radius 1 is 1.20 bits per heavy atom. The fourth-order valence-corrected chi connectivity index (χ4v) is 3.46. The van der Waals surface area contributed by atoms with Crippen molar-refractivity contribution >= 4 is 16.9 Å². The molecule has 3 nitrogen and oxygen atoms in total. The first-order valence-electron chi connectivity index (χ1n) is 7.49. The highest BCUT2D eigenvalue weighted by Crippen LogP contribution is 2.36. The summed E-state index contributed by atoms with van der Waals surface area (Å²) in [5.41, 5.74) is 2.80. The van der Waals surface area contributed by atoms with Gasteiger partial charge in [-0.1, -0.05) is 31.7 Å². The number of aromatic nitrogens is 1. The van der Waals surface area contributed by atoms with Crippen molar-refractivity contribution in [3.05, 3.63) is 35.5 Å². The van der Waals surface area contributed by atoms with Gasteiger partial charge in [-0.25, -0.2) is 4.79 Å². The van der Waals surface area contributed by atoms with E-state index in [2.05, 4.69) is 10.8 Å². The van der Waals surface area contributed by atoms with Crippen molar-refractivity contribution in [1.82, 2.24) is 4.57 Å². The zero-order valence-corrected chi connectivity index (χ0v) is 11.9. The second-order valence-corrected chi connectivity index (χ2v) is 5.92. The van der Waals surface area contributed by atoms with Crippen LogP contribution in [-0.4, -0.2) is 15.6 Å². The van der Waals surface area contributed by atoms with Gasteiger partial charge in [0, 0.05) is 24.1 Å². The molecule has 1 saturated carbocycles. The molecule has 1 aromatic carbocycles. The molecule has 106 valence electrons. The van der Waals surface area contributed by atoms with Crippen molar-refractivity contribution in [2.24, 2.45) is 7.05 Å². The van der Waals surface area contributed by atoms with Crippen LogP contribution in [0, 0.1) is 0 Å². The van der Waals surface area contributed by atoms with Crippen LogP contribution in [0.3, 0.4) is 0 Å². The molecule has 0 unspecified atom stereocenters. The Kier molecular flexibility index (Phi) is 3.51. The molecule has 1 aliphatic carbocycles. The summed E-state index contributed by atoms with van der Waals surface area (Å²) in [6.07, 6.45) is 10.1. The van der Waals surface area contributed by atoms with Gasteiger partial charge < -0.3 is 9.67 Å². The number of rotatable bonds is 2. The highest BCUT2D eigenvalue weighted by Gasteiger charge is 2.19. The quantitative estimate of drug-likeness (QED) is 0.827. The molecule has 3 heteroatoms. The molecule has 1 aliphatic rings. The Hall–Kier alpha value is -1.77. The van der Waals surface area contributed by atoms with Crippen LogP contribution in [0.25, 0.3) is 10.9 Å². The van der Waals surface area contributed by atoms with Crippen molar-refractivity contribution in [2.75, 3.05) is 0 Å². The van der Waals surface area contributed by atoms with Crippen LogP contribution in [0.1, 0.15) is 60.4 Å². The molecule has 2 aromatic rings. The molecule has 0 bridgehead atoms. The van der Waals surface area contributed by atoms with Gasteiger partial charge in [-0.2, -0.15) is 0 Å². The van der Waals surface area contributed by atoms with Gasteiger partial charge in [-0.05, 0) is 36.5 Å². The first-order chi connectivity index (χ1) is 9.66. The van der Waals surface area contributed by atoms with Crippen LogP contribution in [0.2, 0.25) is 0 Å². The van der Waals surface area contributed by atoms with Crippen molar-refractivity contribution in [2.45, 2.75) is 44.4 Å². The van der Waals surface area contributed by atoms with Crippen molar-refractivity contribution in [3.63, 3.8) is 0 Å². The number of hydrogen-bond acceptors (Lipinski definition) is 1. The number of nitrogens with zero attached hydrogens (tertiary/aromatic N) is 1. The van der Waals surface area contributed by atoms with E-state index in [0.717, 1.165) is 5.52 Å². The molecule has 0 atom stereocenters. The second-order valence-electron chi connectivity index (χ2n) is 5.92. The van der Waals surface area contributed by atoms with E-state index in [-0.39, 0.29) is 0 Å². The number of aromatic carboxylic acids is 1. The van der Waals surface area contributed by atoms with E-state index < -0.39 is 5.97 Å². The lowest BCUT2D eigenvalue weighted by Crippen LogP contribution is -1.97. The number of carboxylic acids is 1. The third-order valence-corrected chi connectivity index (χ3v) is 4.56. The van der Waals surface area contributed by atoms with Gasteiger partial charge in [-0.15, -0.1) is 0 Å². The molecular formula is C17H21NO2. The monoisotopic (exact) mass is 271 g/mol. The third-order valence-electron chi connectivity index (χ3n) is 4.56. The number of carboxylic acid groups (broad SMARTS) is 1. The summed E-state index contributed by atoms with van der Waals surface area (Å²) in [5, 5.41) is 10.3. The van der Waals surface area contributed by atoms with Gasteiger partial charge in [0.1, 0.15) is 0 Å². The summed E-state index contributed by atoms with van der Waals surface area (Å²) in [5.74, 6) is -0.221. The van der Waals surface area contributed by atoms with Crippen LogP contribution >= 0.6 is 0 Å². The zero-order valence-electron chi connectivity index (χ0n) is 11.9. The number of carbonyl (C=O) groups is 1. The molecule has 0 amide bonds. The number of aryl methyl sites for hydroxylation is 1. The maximum atomic E-state index is 11.1. The average molecular weight is 271 g/mol. The van der Waals surface area contributed by atoms with E-state index in [0.29, 0.717) is 11.5 Å². The first kappa shape index (κ1) is 13.2. The fraction of sp³-hybridized carbons (Fsp3) is 0.471. The number of hydrogen-bond donors (Lipinski definition) is 1. The van der Waals surface area contributed by atoms with Gasteiger partial charge in [0.05, 0.1) is 5.56 Å². The molecule has 3 rings (SSSR count). The first-order valence-corrected chi connectivity index (χ1v) is 7.49. The van der Waals surface area contributed by atoms with Crippen molar-refractivity contribution < 1.29 is 9.90 Å². The van der Waals surface area contributed by atoms with E-state index >= 15 is 0 Å². The van der Waals surface area contributed by atoms with E-state index in [1.165, 1.54) is 49.5 Å². The van der Waals surface area contributed by atoms with E-state index in [4.69, 9.17) is 5.11 Å². The summed E-state index contributed by atoms with van der Waals surface area (Å²) >= 11 is 0. The molecule has 1 heterocycles. The topological polar surface area (TPSA) is 42.2 Å². The lowest BCUT2D eigenvalue weighted by molar-refractivity contribution is 0.0697. The Morgan fingerprint density at radius 2 is 1.90 bits per heavy atom. The standard InChI is InChI=1S/C17H21NO2/c1-18-11-15(12-6-4-2-3-5-7-12)14-9-8-13(17(19)20)10-16(14)18/h8-12H,2-7H2,1H3,(H,19,20). The predicted molar refractivity (Wildman–Crippen MR) is 80.3 cm³/mol. The van der Waals surface area contributed by atoms with E-state index in [1.54, 1.807) is 12.1 Å². The average Bonchev–Trinajstić information content (AvgIpc) is 2.65. The predicted octanol–water partition coefficient (Wildman–Crippen LogP) is 4.31. The van der Waals surface area contributed by atoms with Gasteiger partial charge in [0.15, 0.2) is 0 Å². The largest absolute Gasteiger partial charge is 0.478 e. The zero-order chi connectivity index (χ0) is 14.1. The van der Waals surface area contributed by atoms with Gasteiger partial charge >= 0.3 is 5.97 Å². The van der Waals surface area contributed by atoms with Crippen LogP contribution in [-0.2, 0) is 7.05 Å². The van der Waals surface area contributed by atoms with E-state index in [1.807, 2.05) is 13.1 Å². The summed E-state index contributed by atoms with van der Waals surface area (Å²) in [7, 11) is 2.01. The maximum Gasteiger partial charge on any atom is 0.335 e. The van der Waals surface area contributed by atoms with Crippen LogP contribution < -0.4 is 0 Å². The molecule has 20 heavy (non-hydrogen) atoms. The summed E-state index contributed by atoms with van der Waals surface area (Å²) in [6.45, 7) is 0. The highest BCUT2D eigenvalue weighted by atomic mass is 16.4. The SMILES string of the molecule is Cn1cc(C2CCCCCC2)c2ccc(C(=O)O)cc21. The van der Waals surface area contributed by atoms with Crippen LogP contribution in [0.15, 0.2) is 24.4 Å². The Labute approximate surface area is 119 Å². The minimum Gasteiger partial charge on any atom is -0.478 e. The molecule has 1 aromatic heterocycles. The maximum absolute atomic E-state index is 11.1. The minimum atomic E-state index is -0.857. The number of fused-ring (bicyclic) bond motifs is 1. The Bertz CT molecular complexity index is 634. The van der Waals surface area contributed by atoms with Gasteiger partial charge in [-0.3, -0.25) is 0 Å². The summed E-state index contributed by atoms with van der Waals surface area (Å²) < 4.78 is 2.07. The Balaban J connectivity index is 2.05. The second kappa shape index (κ2) is 5.31. The molecule has 1 N–H and O–H groups in total. The highest BCUT2D eigenvalue weighted by molar-refractivity contribution is 5.94. The molecule has 1 fully saturated rings. The smallest absolute Gasteiger partial charge is 0.335 e. The van der Waals surface area contributed by atoms with Crippen molar-refractivity contribution in [1.29, 1.82) is 0 Å². The van der Waals surface area contributed by atoms with Gasteiger partial charge in [0.2, 0.25) is 0 Å². The lowest BCUT2D eigenvalue weighted by Gasteiger charge is -2.13.